The van der Waals surface area contributed by atoms with E-state index in [9.17, 15) is 4.79 Å². The molecule has 0 bridgehead atoms. The molecule has 0 atom stereocenters. The Bertz CT molecular complexity index is 1560. The molecule has 0 spiro atoms. The Morgan fingerprint density at radius 2 is 1.47 bits per heavy atom. The van der Waals surface area contributed by atoms with Gasteiger partial charge in [-0.15, -0.1) is 0 Å². The fourth-order valence-electron chi connectivity index (χ4n) is 4.12. The van der Waals surface area contributed by atoms with Gasteiger partial charge in [-0.05, 0) is 54.1 Å². The molecule has 0 aliphatic carbocycles. The van der Waals surface area contributed by atoms with E-state index in [0.717, 1.165) is 11.3 Å². The summed E-state index contributed by atoms with van der Waals surface area (Å²) in [6.45, 7) is 0.238. The van der Waals surface area contributed by atoms with Gasteiger partial charge in [0.1, 0.15) is 34.1 Å². The molecular weight excluding hydrogens is 458 g/mol. The highest BCUT2D eigenvalue weighted by Crippen LogP contribution is 2.32. The lowest BCUT2D eigenvalue weighted by atomic mass is 10.2. The number of methoxy groups -OCH3 is 3. The molecule has 182 valence electrons. The highest BCUT2D eigenvalue weighted by atomic mass is 16.5. The molecule has 0 aliphatic rings. The summed E-state index contributed by atoms with van der Waals surface area (Å²) in [5, 5.41) is 2.95. The van der Waals surface area contributed by atoms with E-state index >= 15 is 0 Å². The van der Waals surface area contributed by atoms with Gasteiger partial charge in [-0.1, -0.05) is 12.1 Å². The van der Waals surface area contributed by atoms with Crippen LogP contribution in [0.15, 0.2) is 66.7 Å². The number of nitrogen functional groups attached to an aromatic ring is 1. The molecule has 3 aromatic carbocycles. The van der Waals surface area contributed by atoms with E-state index in [1.807, 2.05) is 60.7 Å². The molecular formula is C27H25N5O4. The SMILES string of the molecule is COc1ccc(-n2c(N)c(C(=O)NCc3cc(OC)cc(OC)c3)c3nc4ccccc4nc32)cc1. The van der Waals surface area contributed by atoms with Gasteiger partial charge in [0, 0.05) is 18.3 Å². The number of para-hydroxylation sites is 2. The van der Waals surface area contributed by atoms with Crippen LogP contribution in [0.4, 0.5) is 5.82 Å². The smallest absolute Gasteiger partial charge is 0.257 e. The average Bonchev–Trinajstić information content (AvgIpc) is 3.20. The zero-order valence-electron chi connectivity index (χ0n) is 20.1. The van der Waals surface area contributed by atoms with Crippen molar-refractivity contribution in [1.82, 2.24) is 19.9 Å². The normalized spacial score (nSPS) is 11.0. The molecule has 0 unspecified atom stereocenters. The number of carbonyl (C=O) groups is 1. The summed E-state index contributed by atoms with van der Waals surface area (Å²) in [5.74, 6) is 1.84. The summed E-state index contributed by atoms with van der Waals surface area (Å²) in [7, 11) is 4.76. The van der Waals surface area contributed by atoms with Gasteiger partial charge < -0.3 is 25.3 Å². The van der Waals surface area contributed by atoms with Gasteiger partial charge in [-0.3, -0.25) is 9.36 Å². The Balaban J connectivity index is 1.59. The molecule has 0 fully saturated rings. The molecule has 0 saturated heterocycles. The van der Waals surface area contributed by atoms with E-state index in [4.69, 9.17) is 29.9 Å². The maximum Gasteiger partial charge on any atom is 0.257 e. The number of nitrogens with zero attached hydrogens (tertiary/aromatic N) is 3. The molecule has 0 saturated carbocycles. The van der Waals surface area contributed by atoms with Crippen molar-refractivity contribution in [3.63, 3.8) is 0 Å². The molecule has 3 N–H and O–H groups in total. The van der Waals surface area contributed by atoms with Crippen LogP contribution in [0.5, 0.6) is 17.2 Å². The Kier molecular flexibility index (Phi) is 6.03. The van der Waals surface area contributed by atoms with Crippen LogP contribution in [-0.4, -0.2) is 41.8 Å². The van der Waals surface area contributed by atoms with Crippen LogP contribution in [-0.2, 0) is 6.54 Å². The topological polar surface area (TPSA) is 114 Å². The minimum Gasteiger partial charge on any atom is -0.497 e. The van der Waals surface area contributed by atoms with Crippen LogP contribution in [0.3, 0.4) is 0 Å². The predicted octanol–water partition coefficient (Wildman–Crippen LogP) is 4.11. The van der Waals surface area contributed by atoms with E-state index in [0.29, 0.717) is 39.4 Å². The first-order valence-corrected chi connectivity index (χ1v) is 11.2. The van der Waals surface area contributed by atoms with Crippen LogP contribution >= 0.6 is 0 Å². The fraction of sp³-hybridized carbons (Fsp3) is 0.148. The van der Waals surface area contributed by atoms with Gasteiger partial charge in [0.05, 0.1) is 32.4 Å². The number of anilines is 1. The maximum absolute atomic E-state index is 13.5. The molecule has 9 heteroatoms. The number of hydrogen-bond acceptors (Lipinski definition) is 7. The molecule has 2 heterocycles. The Labute approximate surface area is 207 Å². The van der Waals surface area contributed by atoms with Crippen molar-refractivity contribution in [2.45, 2.75) is 6.54 Å². The zero-order chi connectivity index (χ0) is 25.2. The van der Waals surface area contributed by atoms with Crippen LogP contribution in [0.2, 0.25) is 0 Å². The second-order valence-corrected chi connectivity index (χ2v) is 8.08. The third-order valence-electron chi connectivity index (χ3n) is 5.92. The summed E-state index contributed by atoms with van der Waals surface area (Å²) in [6.07, 6.45) is 0. The van der Waals surface area contributed by atoms with E-state index < -0.39 is 0 Å². The van der Waals surface area contributed by atoms with Crippen LogP contribution in [0.1, 0.15) is 15.9 Å². The van der Waals surface area contributed by atoms with Gasteiger partial charge in [-0.2, -0.15) is 0 Å². The number of hydrogen-bond donors (Lipinski definition) is 2. The van der Waals surface area contributed by atoms with Crippen LogP contribution < -0.4 is 25.3 Å². The number of fused-ring (bicyclic) bond motifs is 2. The molecule has 2 aromatic heterocycles. The second-order valence-electron chi connectivity index (χ2n) is 8.08. The van der Waals surface area contributed by atoms with Crippen molar-refractivity contribution in [1.29, 1.82) is 0 Å². The van der Waals surface area contributed by atoms with Crippen molar-refractivity contribution in [2.24, 2.45) is 0 Å². The fourth-order valence-corrected chi connectivity index (χ4v) is 4.12. The van der Waals surface area contributed by atoms with Gasteiger partial charge in [0.25, 0.3) is 5.91 Å². The van der Waals surface area contributed by atoms with E-state index in [2.05, 4.69) is 5.32 Å². The highest BCUT2D eigenvalue weighted by molar-refractivity contribution is 6.11. The van der Waals surface area contributed by atoms with E-state index in [1.54, 1.807) is 32.0 Å². The standard InChI is InChI=1S/C27H25N5O4/c1-34-18-10-8-17(9-11-18)32-25(28)23(24-26(32)31-22-7-5-4-6-21(22)30-24)27(33)29-15-16-12-19(35-2)14-20(13-16)36-3/h4-14H,15,28H2,1-3H3,(H,29,33). The lowest BCUT2D eigenvalue weighted by Gasteiger charge is -2.10. The number of aromatic nitrogens is 3. The third-order valence-corrected chi connectivity index (χ3v) is 5.92. The number of amides is 1. The minimum absolute atomic E-state index is 0.238. The van der Waals surface area contributed by atoms with Crippen molar-refractivity contribution >= 4 is 33.9 Å². The first kappa shape index (κ1) is 23.0. The summed E-state index contributed by atoms with van der Waals surface area (Å²) < 4.78 is 17.7. The van der Waals surface area contributed by atoms with Gasteiger partial charge in [0.2, 0.25) is 0 Å². The van der Waals surface area contributed by atoms with Gasteiger partial charge in [0.15, 0.2) is 5.65 Å². The lowest BCUT2D eigenvalue weighted by molar-refractivity contribution is 0.0953. The number of nitrogens with one attached hydrogen (secondary N) is 1. The maximum atomic E-state index is 13.5. The largest absolute Gasteiger partial charge is 0.497 e. The molecule has 5 aromatic rings. The summed E-state index contributed by atoms with van der Waals surface area (Å²) in [6, 6.07) is 20.3. The van der Waals surface area contributed by atoms with Crippen molar-refractivity contribution in [3.8, 4) is 22.9 Å². The molecule has 0 radical (unpaired) electrons. The van der Waals surface area contributed by atoms with E-state index in [1.165, 1.54) is 0 Å². The molecule has 9 nitrogen and oxygen atoms in total. The van der Waals surface area contributed by atoms with E-state index in [-0.39, 0.29) is 23.8 Å². The minimum atomic E-state index is -0.365. The Morgan fingerprint density at radius 1 is 0.861 bits per heavy atom. The summed E-state index contributed by atoms with van der Waals surface area (Å²) in [4.78, 5) is 23.0. The van der Waals surface area contributed by atoms with Crippen LogP contribution in [0.25, 0.3) is 27.9 Å². The van der Waals surface area contributed by atoms with Crippen molar-refractivity contribution < 1.29 is 19.0 Å². The number of nitrogens with two attached hydrogens (primary N) is 1. The molecule has 36 heavy (non-hydrogen) atoms. The molecule has 1 amide bonds. The van der Waals surface area contributed by atoms with Gasteiger partial charge in [-0.25, -0.2) is 9.97 Å². The monoisotopic (exact) mass is 483 g/mol. The number of benzene rings is 3. The molecule has 5 rings (SSSR count). The summed E-state index contributed by atoms with van der Waals surface area (Å²) in [5.41, 5.74) is 10.7. The van der Waals surface area contributed by atoms with Gasteiger partial charge >= 0.3 is 0 Å². The first-order chi connectivity index (χ1) is 17.5. The van der Waals surface area contributed by atoms with Crippen molar-refractivity contribution in [3.05, 3.63) is 77.9 Å². The third kappa shape index (κ3) is 4.11. The predicted molar refractivity (Wildman–Crippen MR) is 138 cm³/mol. The number of rotatable bonds is 7. The zero-order valence-corrected chi connectivity index (χ0v) is 20.1. The number of ether oxygens (including phenoxy) is 3. The highest BCUT2D eigenvalue weighted by Gasteiger charge is 2.25. The van der Waals surface area contributed by atoms with Crippen LogP contribution in [0, 0.1) is 0 Å². The second kappa shape index (κ2) is 9.46. The number of carbonyl (C=O) groups excluding carboxylic acids is 1. The quantitative estimate of drug-likeness (QED) is 0.358. The Morgan fingerprint density at radius 3 is 2.08 bits per heavy atom. The summed E-state index contributed by atoms with van der Waals surface area (Å²) >= 11 is 0. The average molecular weight is 484 g/mol. The Hall–Kier alpha value is -4.79. The molecule has 0 aliphatic heterocycles. The van der Waals surface area contributed by atoms with Crippen molar-refractivity contribution in [2.75, 3.05) is 27.1 Å². The lowest BCUT2D eigenvalue weighted by Crippen LogP contribution is -2.24. The first-order valence-electron chi connectivity index (χ1n) is 11.2.